The van der Waals surface area contributed by atoms with E-state index in [4.69, 9.17) is 0 Å². The Morgan fingerprint density at radius 2 is 2.20 bits per heavy atom. The van der Waals surface area contributed by atoms with Gasteiger partial charge in [-0.1, -0.05) is 17.7 Å². The summed E-state index contributed by atoms with van der Waals surface area (Å²) in [6.07, 6.45) is 2.04. The molecule has 0 unspecified atom stereocenters. The van der Waals surface area contributed by atoms with Gasteiger partial charge in [0.1, 0.15) is 5.82 Å². The lowest BCUT2D eigenvalue weighted by Crippen LogP contribution is -2.33. The first-order chi connectivity index (χ1) is 9.65. The van der Waals surface area contributed by atoms with Gasteiger partial charge in [-0.05, 0) is 43.3 Å². The van der Waals surface area contributed by atoms with Crippen LogP contribution in [0.1, 0.15) is 33.6 Å². The van der Waals surface area contributed by atoms with E-state index in [1.807, 2.05) is 29.3 Å². The summed E-state index contributed by atoms with van der Waals surface area (Å²) in [7, 11) is 0. The summed E-state index contributed by atoms with van der Waals surface area (Å²) in [5, 5.41) is 2.00. The van der Waals surface area contributed by atoms with Gasteiger partial charge in [-0.25, -0.2) is 4.39 Å². The fraction of sp³-hybridized carbons (Fsp3) is 0.312. The molecule has 1 saturated carbocycles. The number of thiophene rings is 1. The summed E-state index contributed by atoms with van der Waals surface area (Å²) in [6, 6.07) is 8.96. The largest absolute Gasteiger partial charge is 0.330 e. The highest BCUT2D eigenvalue weighted by atomic mass is 32.1. The molecule has 0 radical (unpaired) electrons. The Morgan fingerprint density at radius 3 is 2.85 bits per heavy atom. The molecule has 1 amide bonds. The van der Waals surface area contributed by atoms with Crippen molar-refractivity contribution in [1.82, 2.24) is 4.90 Å². The van der Waals surface area contributed by atoms with Gasteiger partial charge < -0.3 is 4.90 Å². The summed E-state index contributed by atoms with van der Waals surface area (Å²) in [4.78, 5) is 15.6. The Morgan fingerprint density at radius 1 is 1.40 bits per heavy atom. The van der Waals surface area contributed by atoms with Crippen molar-refractivity contribution in [3.63, 3.8) is 0 Å². The maximum absolute atomic E-state index is 13.9. The Bertz CT molecular complexity index is 619. The second-order valence-corrected chi connectivity index (χ2v) is 6.26. The Labute approximate surface area is 121 Å². The molecule has 2 aromatic rings. The lowest BCUT2D eigenvalue weighted by molar-refractivity contribution is 0.0727. The third kappa shape index (κ3) is 2.75. The molecule has 2 nitrogen and oxygen atoms in total. The van der Waals surface area contributed by atoms with Gasteiger partial charge in [0.25, 0.3) is 5.91 Å². The van der Waals surface area contributed by atoms with Crippen LogP contribution >= 0.6 is 11.3 Å². The number of hydrogen-bond donors (Lipinski definition) is 0. The molecule has 0 saturated heterocycles. The average Bonchev–Trinajstić information content (AvgIpc) is 3.15. The van der Waals surface area contributed by atoms with Gasteiger partial charge in [0.05, 0.1) is 12.1 Å². The molecule has 0 aliphatic heterocycles. The van der Waals surface area contributed by atoms with Crippen LogP contribution in [0.4, 0.5) is 4.39 Å². The summed E-state index contributed by atoms with van der Waals surface area (Å²) in [5.74, 6) is -0.625. The molecule has 0 N–H and O–H groups in total. The maximum atomic E-state index is 13.9. The fourth-order valence-electron chi connectivity index (χ4n) is 2.28. The SMILES string of the molecule is Cc1ccc(F)c(C(=O)N(Cc2cccs2)C2CC2)c1. The monoisotopic (exact) mass is 289 g/mol. The molecule has 0 bridgehead atoms. The molecule has 0 spiro atoms. The molecule has 3 rings (SSSR count). The van der Waals surface area contributed by atoms with Crippen molar-refractivity contribution in [3.8, 4) is 0 Å². The first-order valence-electron chi connectivity index (χ1n) is 6.74. The van der Waals surface area contributed by atoms with Gasteiger partial charge in [-0.15, -0.1) is 11.3 Å². The van der Waals surface area contributed by atoms with Crippen LogP contribution in [0.25, 0.3) is 0 Å². The summed E-state index contributed by atoms with van der Waals surface area (Å²) in [6.45, 7) is 2.45. The van der Waals surface area contributed by atoms with Crippen LogP contribution in [0.15, 0.2) is 35.7 Å². The number of benzene rings is 1. The van der Waals surface area contributed by atoms with Gasteiger partial charge in [0, 0.05) is 10.9 Å². The highest BCUT2D eigenvalue weighted by Gasteiger charge is 2.34. The van der Waals surface area contributed by atoms with Crippen LogP contribution in [-0.4, -0.2) is 16.8 Å². The van der Waals surface area contributed by atoms with Gasteiger partial charge in [-0.2, -0.15) is 0 Å². The molecule has 1 aromatic carbocycles. The van der Waals surface area contributed by atoms with E-state index in [1.165, 1.54) is 6.07 Å². The molecule has 4 heteroatoms. The summed E-state index contributed by atoms with van der Waals surface area (Å²) < 4.78 is 13.9. The molecule has 104 valence electrons. The zero-order valence-electron chi connectivity index (χ0n) is 11.3. The van der Waals surface area contributed by atoms with E-state index in [1.54, 1.807) is 23.5 Å². The molecular weight excluding hydrogens is 273 g/mol. The van der Waals surface area contributed by atoms with Crippen molar-refractivity contribution >= 4 is 17.2 Å². The Hall–Kier alpha value is -1.68. The molecule has 1 aliphatic rings. The van der Waals surface area contributed by atoms with Crippen LogP contribution in [-0.2, 0) is 6.54 Å². The number of carbonyl (C=O) groups excluding carboxylic acids is 1. The minimum absolute atomic E-state index is 0.188. The van der Waals surface area contributed by atoms with Crippen molar-refractivity contribution in [2.24, 2.45) is 0 Å². The average molecular weight is 289 g/mol. The second kappa shape index (κ2) is 5.37. The number of halogens is 1. The molecule has 0 atom stereocenters. The Kier molecular flexibility index (Phi) is 3.57. The topological polar surface area (TPSA) is 20.3 Å². The first-order valence-corrected chi connectivity index (χ1v) is 7.62. The van der Waals surface area contributed by atoms with Crippen LogP contribution in [0.2, 0.25) is 0 Å². The number of rotatable bonds is 4. The summed E-state index contributed by atoms with van der Waals surface area (Å²) >= 11 is 1.63. The minimum atomic E-state index is -0.433. The van der Waals surface area contributed by atoms with Crippen molar-refractivity contribution in [3.05, 3.63) is 57.5 Å². The number of amides is 1. The number of aryl methyl sites for hydroxylation is 1. The van der Waals surface area contributed by atoms with Gasteiger partial charge in [0.2, 0.25) is 0 Å². The molecule has 1 aromatic heterocycles. The normalized spacial score (nSPS) is 14.3. The Balaban J connectivity index is 1.87. The highest BCUT2D eigenvalue weighted by molar-refractivity contribution is 7.09. The van der Waals surface area contributed by atoms with Crippen molar-refractivity contribution < 1.29 is 9.18 Å². The van der Waals surface area contributed by atoms with E-state index in [-0.39, 0.29) is 17.5 Å². The summed E-state index contributed by atoms with van der Waals surface area (Å²) in [5.41, 5.74) is 1.09. The lowest BCUT2D eigenvalue weighted by Gasteiger charge is -2.22. The fourth-order valence-corrected chi connectivity index (χ4v) is 2.98. The van der Waals surface area contributed by atoms with Gasteiger partial charge in [-0.3, -0.25) is 4.79 Å². The first kappa shape index (κ1) is 13.3. The van der Waals surface area contributed by atoms with E-state index >= 15 is 0 Å². The zero-order valence-corrected chi connectivity index (χ0v) is 12.1. The van der Waals surface area contributed by atoms with Gasteiger partial charge >= 0.3 is 0 Å². The van der Waals surface area contributed by atoms with Crippen molar-refractivity contribution in [1.29, 1.82) is 0 Å². The van der Waals surface area contributed by atoms with Crippen molar-refractivity contribution in [2.45, 2.75) is 32.4 Å². The molecule has 20 heavy (non-hydrogen) atoms. The van der Waals surface area contributed by atoms with E-state index in [0.29, 0.717) is 6.54 Å². The highest BCUT2D eigenvalue weighted by Crippen LogP contribution is 2.31. The van der Waals surface area contributed by atoms with Crippen LogP contribution in [0.3, 0.4) is 0 Å². The minimum Gasteiger partial charge on any atom is -0.330 e. The molecule has 1 heterocycles. The predicted octanol–water partition coefficient (Wildman–Crippen LogP) is 4.00. The quantitative estimate of drug-likeness (QED) is 0.833. The predicted molar refractivity (Wildman–Crippen MR) is 78.4 cm³/mol. The number of nitrogens with zero attached hydrogens (tertiary/aromatic N) is 1. The lowest BCUT2D eigenvalue weighted by atomic mass is 10.1. The van der Waals surface area contributed by atoms with E-state index in [2.05, 4.69) is 0 Å². The standard InChI is InChI=1S/C16H16FNOS/c1-11-4-7-15(17)14(9-11)16(19)18(12-5-6-12)10-13-3-2-8-20-13/h2-4,7-9,12H,5-6,10H2,1H3. The van der Waals surface area contributed by atoms with Crippen LogP contribution in [0, 0.1) is 12.7 Å². The maximum Gasteiger partial charge on any atom is 0.257 e. The number of hydrogen-bond acceptors (Lipinski definition) is 2. The van der Waals surface area contributed by atoms with E-state index < -0.39 is 5.82 Å². The van der Waals surface area contributed by atoms with E-state index in [9.17, 15) is 9.18 Å². The van der Waals surface area contributed by atoms with E-state index in [0.717, 1.165) is 23.3 Å². The van der Waals surface area contributed by atoms with Gasteiger partial charge in [0.15, 0.2) is 0 Å². The van der Waals surface area contributed by atoms with Crippen LogP contribution < -0.4 is 0 Å². The zero-order chi connectivity index (χ0) is 14.1. The third-order valence-electron chi connectivity index (χ3n) is 3.51. The molecule has 1 aliphatic carbocycles. The molecule has 1 fully saturated rings. The van der Waals surface area contributed by atoms with Crippen LogP contribution in [0.5, 0.6) is 0 Å². The third-order valence-corrected chi connectivity index (χ3v) is 4.37. The number of carbonyl (C=O) groups is 1. The smallest absolute Gasteiger partial charge is 0.257 e. The van der Waals surface area contributed by atoms with Crippen molar-refractivity contribution in [2.75, 3.05) is 0 Å². The second-order valence-electron chi connectivity index (χ2n) is 5.23. The molecular formula is C16H16FNOS.